The van der Waals surface area contributed by atoms with E-state index >= 15 is 0 Å². The van der Waals surface area contributed by atoms with Gasteiger partial charge < -0.3 is 15.5 Å². The van der Waals surface area contributed by atoms with Gasteiger partial charge in [0, 0.05) is 38.6 Å². The highest BCUT2D eigenvalue weighted by atomic mass is 16.2. The second-order valence-electron chi connectivity index (χ2n) is 5.70. The SMILES string of the molecule is O=C1CCC(C(=O)N2CCCC3CNCC32)CN1. The van der Waals surface area contributed by atoms with E-state index in [1.165, 1.54) is 6.42 Å². The van der Waals surface area contributed by atoms with Gasteiger partial charge in [0.1, 0.15) is 0 Å². The monoisotopic (exact) mass is 251 g/mol. The second kappa shape index (κ2) is 4.88. The van der Waals surface area contributed by atoms with Crippen LogP contribution in [0.3, 0.4) is 0 Å². The molecule has 100 valence electrons. The first kappa shape index (κ1) is 12.0. The van der Waals surface area contributed by atoms with Crippen LogP contribution >= 0.6 is 0 Å². The first-order chi connectivity index (χ1) is 8.75. The van der Waals surface area contributed by atoms with Crippen molar-refractivity contribution in [2.24, 2.45) is 11.8 Å². The van der Waals surface area contributed by atoms with E-state index in [1.54, 1.807) is 0 Å². The lowest BCUT2D eigenvalue weighted by Gasteiger charge is -2.39. The summed E-state index contributed by atoms with van der Waals surface area (Å²) >= 11 is 0. The third-order valence-corrected chi connectivity index (χ3v) is 4.58. The van der Waals surface area contributed by atoms with Gasteiger partial charge in [-0.05, 0) is 25.2 Å². The summed E-state index contributed by atoms with van der Waals surface area (Å²) < 4.78 is 0. The highest BCUT2D eigenvalue weighted by Crippen LogP contribution is 2.28. The van der Waals surface area contributed by atoms with E-state index in [1.807, 2.05) is 0 Å². The third-order valence-electron chi connectivity index (χ3n) is 4.58. The predicted octanol–water partition coefficient (Wildman–Crippen LogP) is -0.277. The molecule has 3 rings (SSSR count). The van der Waals surface area contributed by atoms with Crippen LogP contribution in [-0.4, -0.2) is 48.9 Å². The Morgan fingerprint density at radius 1 is 1.22 bits per heavy atom. The molecule has 18 heavy (non-hydrogen) atoms. The average Bonchev–Trinajstić information content (AvgIpc) is 2.87. The Balaban J connectivity index is 1.66. The van der Waals surface area contributed by atoms with Crippen molar-refractivity contribution in [3.05, 3.63) is 0 Å². The Hall–Kier alpha value is -1.10. The molecule has 3 fully saturated rings. The van der Waals surface area contributed by atoms with Gasteiger partial charge in [0.05, 0.1) is 5.92 Å². The van der Waals surface area contributed by atoms with Crippen molar-refractivity contribution in [2.45, 2.75) is 31.7 Å². The van der Waals surface area contributed by atoms with Crippen LogP contribution in [0.1, 0.15) is 25.7 Å². The fraction of sp³-hybridized carbons (Fsp3) is 0.846. The van der Waals surface area contributed by atoms with Gasteiger partial charge in [0.25, 0.3) is 0 Å². The molecule has 3 heterocycles. The van der Waals surface area contributed by atoms with E-state index in [4.69, 9.17) is 0 Å². The summed E-state index contributed by atoms with van der Waals surface area (Å²) in [6, 6.07) is 0.392. The van der Waals surface area contributed by atoms with Crippen molar-refractivity contribution in [1.82, 2.24) is 15.5 Å². The van der Waals surface area contributed by atoms with Crippen molar-refractivity contribution in [3.63, 3.8) is 0 Å². The maximum absolute atomic E-state index is 12.5. The molecule has 0 aromatic rings. The highest BCUT2D eigenvalue weighted by molar-refractivity contribution is 5.84. The molecule has 0 spiro atoms. The molecule has 2 N–H and O–H groups in total. The summed E-state index contributed by atoms with van der Waals surface area (Å²) in [4.78, 5) is 25.8. The number of nitrogens with zero attached hydrogens (tertiary/aromatic N) is 1. The van der Waals surface area contributed by atoms with Gasteiger partial charge >= 0.3 is 0 Å². The van der Waals surface area contributed by atoms with Crippen molar-refractivity contribution in [3.8, 4) is 0 Å². The number of carbonyl (C=O) groups excluding carboxylic acids is 2. The average molecular weight is 251 g/mol. The minimum Gasteiger partial charge on any atom is -0.355 e. The molecule has 0 bridgehead atoms. The molecule has 3 aliphatic heterocycles. The van der Waals surface area contributed by atoms with Gasteiger partial charge in [-0.25, -0.2) is 0 Å². The zero-order valence-electron chi connectivity index (χ0n) is 10.7. The number of hydrogen-bond donors (Lipinski definition) is 2. The molecule has 2 amide bonds. The summed E-state index contributed by atoms with van der Waals surface area (Å²) in [5.74, 6) is 0.981. The minimum absolute atomic E-state index is 0.00190. The number of rotatable bonds is 1. The first-order valence-corrected chi connectivity index (χ1v) is 7.03. The first-order valence-electron chi connectivity index (χ1n) is 7.03. The van der Waals surface area contributed by atoms with Crippen LogP contribution in [0.2, 0.25) is 0 Å². The minimum atomic E-state index is 0.00190. The summed E-state index contributed by atoms with van der Waals surface area (Å²) in [6.45, 7) is 3.41. The number of likely N-dealkylation sites (tertiary alicyclic amines) is 1. The normalized spacial score (nSPS) is 36.1. The molecule has 3 atom stereocenters. The molecule has 0 radical (unpaired) electrons. The Morgan fingerprint density at radius 3 is 2.89 bits per heavy atom. The van der Waals surface area contributed by atoms with Crippen LogP contribution in [0.15, 0.2) is 0 Å². The van der Waals surface area contributed by atoms with Gasteiger partial charge in [-0.15, -0.1) is 0 Å². The lowest BCUT2D eigenvalue weighted by molar-refractivity contribution is -0.141. The molecule has 5 heteroatoms. The van der Waals surface area contributed by atoms with Crippen LogP contribution < -0.4 is 10.6 Å². The highest BCUT2D eigenvalue weighted by Gasteiger charge is 2.39. The van der Waals surface area contributed by atoms with Gasteiger partial charge in [-0.3, -0.25) is 9.59 Å². The van der Waals surface area contributed by atoms with E-state index in [2.05, 4.69) is 15.5 Å². The Bertz CT molecular complexity index is 348. The Morgan fingerprint density at radius 2 is 2.11 bits per heavy atom. The maximum atomic E-state index is 12.5. The summed E-state index contributed by atoms with van der Waals surface area (Å²) in [5.41, 5.74) is 0. The quantitative estimate of drug-likeness (QED) is 0.674. The number of carbonyl (C=O) groups is 2. The summed E-state index contributed by atoms with van der Waals surface area (Å²) in [5, 5.41) is 6.21. The third kappa shape index (κ3) is 2.11. The van der Waals surface area contributed by atoms with Crippen LogP contribution in [-0.2, 0) is 9.59 Å². The fourth-order valence-electron chi connectivity index (χ4n) is 3.52. The maximum Gasteiger partial charge on any atom is 0.227 e. The molecular formula is C13H21N3O2. The van der Waals surface area contributed by atoms with Crippen molar-refractivity contribution in [1.29, 1.82) is 0 Å². The van der Waals surface area contributed by atoms with Crippen LogP contribution in [0.5, 0.6) is 0 Å². The molecule has 5 nitrogen and oxygen atoms in total. The zero-order chi connectivity index (χ0) is 12.5. The van der Waals surface area contributed by atoms with Crippen molar-refractivity contribution in [2.75, 3.05) is 26.2 Å². The van der Waals surface area contributed by atoms with Gasteiger partial charge in [-0.1, -0.05) is 0 Å². The van der Waals surface area contributed by atoms with Gasteiger partial charge in [0.15, 0.2) is 0 Å². The number of hydrogen-bond acceptors (Lipinski definition) is 3. The molecule has 3 unspecified atom stereocenters. The second-order valence-corrected chi connectivity index (χ2v) is 5.70. The van der Waals surface area contributed by atoms with E-state index in [-0.39, 0.29) is 17.7 Å². The van der Waals surface area contributed by atoms with Crippen LogP contribution in [0, 0.1) is 11.8 Å². The largest absolute Gasteiger partial charge is 0.355 e. The predicted molar refractivity (Wildman–Crippen MR) is 66.8 cm³/mol. The molecule has 0 aromatic carbocycles. The molecular weight excluding hydrogens is 230 g/mol. The molecule has 3 saturated heterocycles. The number of nitrogens with one attached hydrogen (secondary N) is 2. The molecule has 3 aliphatic rings. The summed E-state index contributed by atoms with van der Waals surface area (Å²) in [6.07, 6.45) is 3.57. The number of fused-ring (bicyclic) bond motifs is 1. The smallest absolute Gasteiger partial charge is 0.227 e. The number of piperidine rings is 2. The lowest BCUT2D eigenvalue weighted by atomic mass is 9.89. The van der Waals surface area contributed by atoms with Crippen molar-refractivity contribution < 1.29 is 9.59 Å². The summed E-state index contributed by atoms with van der Waals surface area (Å²) in [7, 11) is 0. The lowest BCUT2D eigenvalue weighted by Crippen LogP contribution is -2.53. The van der Waals surface area contributed by atoms with E-state index in [0.717, 1.165) is 26.1 Å². The molecule has 0 saturated carbocycles. The zero-order valence-corrected chi connectivity index (χ0v) is 10.7. The fourth-order valence-corrected chi connectivity index (χ4v) is 3.52. The molecule has 0 aliphatic carbocycles. The van der Waals surface area contributed by atoms with Crippen LogP contribution in [0.25, 0.3) is 0 Å². The van der Waals surface area contributed by atoms with Gasteiger partial charge in [-0.2, -0.15) is 0 Å². The topological polar surface area (TPSA) is 61.4 Å². The standard InChI is InChI=1S/C13H21N3O2/c17-12-4-3-10(7-15-12)13(18)16-5-1-2-9-6-14-8-11(9)16/h9-11,14H,1-8H2,(H,15,17). The number of amides is 2. The van der Waals surface area contributed by atoms with Gasteiger partial charge in [0.2, 0.25) is 11.8 Å². The van der Waals surface area contributed by atoms with E-state index in [0.29, 0.717) is 31.3 Å². The Labute approximate surface area is 107 Å². The van der Waals surface area contributed by atoms with Crippen molar-refractivity contribution >= 4 is 11.8 Å². The van der Waals surface area contributed by atoms with E-state index in [9.17, 15) is 9.59 Å². The Kier molecular flexibility index (Phi) is 3.24. The van der Waals surface area contributed by atoms with E-state index < -0.39 is 0 Å². The molecule has 0 aromatic heterocycles. The van der Waals surface area contributed by atoms with Crippen LogP contribution in [0.4, 0.5) is 0 Å².